The summed E-state index contributed by atoms with van der Waals surface area (Å²) in [6.07, 6.45) is 7.72. The number of likely N-dealkylation sites (tertiary alicyclic amines) is 1. The third kappa shape index (κ3) is 5.37. The Labute approximate surface area is 246 Å². The molecule has 2 N–H and O–H groups in total. The molecular weight excluding hydrogens is 522 g/mol. The molecule has 0 aliphatic carbocycles. The highest BCUT2D eigenvalue weighted by Gasteiger charge is 2.36. The zero-order valence-electron chi connectivity index (χ0n) is 23.9. The van der Waals surface area contributed by atoms with Crippen LogP contribution in [0.1, 0.15) is 61.4 Å². The van der Waals surface area contributed by atoms with E-state index in [9.17, 15) is 9.59 Å². The molecule has 0 saturated carbocycles. The molecule has 2 unspecified atom stereocenters. The van der Waals surface area contributed by atoms with Crippen molar-refractivity contribution in [3.63, 3.8) is 0 Å². The highest BCUT2D eigenvalue weighted by molar-refractivity contribution is 5.91. The van der Waals surface area contributed by atoms with E-state index in [1.165, 1.54) is 17.7 Å². The summed E-state index contributed by atoms with van der Waals surface area (Å²) in [5.74, 6) is 1.46. The number of fused-ring (bicyclic) bond motifs is 5. The van der Waals surface area contributed by atoms with Gasteiger partial charge in [0, 0.05) is 42.8 Å². The maximum Gasteiger partial charge on any atom is 0.261 e. The second-order valence-corrected chi connectivity index (χ2v) is 11.8. The van der Waals surface area contributed by atoms with Crippen LogP contribution in [-0.2, 0) is 11.3 Å². The van der Waals surface area contributed by atoms with E-state index >= 15 is 0 Å². The number of para-hydroxylation sites is 2. The number of allylic oxidation sites excluding steroid dienone is 1. The summed E-state index contributed by atoms with van der Waals surface area (Å²) in [5, 5.41) is 7.43. The molecule has 42 heavy (non-hydrogen) atoms. The van der Waals surface area contributed by atoms with Gasteiger partial charge in [-0.1, -0.05) is 48.9 Å². The molecule has 1 amide bonds. The third-order valence-corrected chi connectivity index (χ3v) is 9.07. The highest BCUT2D eigenvalue weighted by Crippen LogP contribution is 2.40. The third-order valence-electron chi connectivity index (χ3n) is 9.07. The van der Waals surface area contributed by atoms with Crippen molar-refractivity contribution < 1.29 is 4.79 Å². The van der Waals surface area contributed by atoms with Gasteiger partial charge >= 0.3 is 0 Å². The average Bonchev–Trinajstić information content (AvgIpc) is 3.59. The van der Waals surface area contributed by atoms with Crippen LogP contribution in [0.4, 0.5) is 11.4 Å². The van der Waals surface area contributed by atoms with Crippen LogP contribution >= 0.6 is 0 Å². The van der Waals surface area contributed by atoms with Gasteiger partial charge in [-0.3, -0.25) is 14.2 Å². The first-order chi connectivity index (χ1) is 20.6. The lowest BCUT2D eigenvalue weighted by molar-refractivity contribution is -0.116. The molecular formula is C35H37N5O2. The van der Waals surface area contributed by atoms with Gasteiger partial charge in [-0.25, -0.2) is 4.98 Å². The maximum absolute atomic E-state index is 12.9. The van der Waals surface area contributed by atoms with E-state index in [0.29, 0.717) is 30.3 Å². The number of amides is 1. The Morgan fingerprint density at radius 2 is 1.81 bits per heavy atom. The van der Waals surface area contributed by atoms with Crippen molar-refractivity contribution in [1.29, 1.82) is 0 Å². The van der Waals surface area contributed by atoms with E-state index in [1.807, 2.05) is 48.5 Å². The number of nitrogens with one attached hydrogen (secondary N) is 2. The normalized spacial score (nSPS) is 20.2. The molecule has 4 heterocycles. The first kappa shape index (κ1) is 26.7. The number of piperidine rings is 1. The van der Waals surface area contributed by atoms with Crippen molar-refractivity contribution in [2.75, 3.05) is 30.3 Å². The molecule has 4 aromatic rings. The molecule has 0 bridgehead atoms. The summed E-state index contributed by atoms with van der Waals surface area (Å²) < 4.78 is 1.77. The predicted molar refractivity (Wildman–Crippen MR) is 170 cm³/mol. The average molecular weight is 560 g/mol. The van der Waals surface area contributed by atoms with Crippen molar-refractivity contribution in [3.8, 4) is 0 Å². The van der Waals surface area contributed by atoms with E-state index in [0.717, 1.165) is 73.5 Å². The fourth-order valence-corrected chi connectivity index (χ4v) is 6.88. The number of anilines is 2. The van der Waals surface area contributed by atoms with Gasteiger partial charge in [-0.2, -0.15) is 0 Å². The number of aromatic nitrogens is 2. The second-order valence-electron chi connectivity index (χ2n) is 11.8. The quantitative estimate of drug-likeness (QED) is 0.254. The van der Waals surface area contributed by atoms with Crippen LogP contribution < -0.4 is 16.2 Å². The van der Waals surface area contributed by atoms with E-state index in [4.69, 9.17) is 4.98 Å². The zero-order chi connectivity index (χ0) is 28.5. The van der Waals surface area contributed by atoms with Crippen LogP contribution in [-0.4, -0.2) is 46.0 Å². The SMILES string of the molecule is O=C(CCCCCN1CCC2c3ccccc3NC2C1)Nc1ccc(/C=C2\CCn3c2nc2ccccc2c3=O)cc1. The van der Waals surface area contributed by atoms with Gasteiger partial charge in [0.25, 0.3) is 5.56 Å². The molecule has 1 aromatic heterocycles. The minimum Gasteiger partial charge on any atom is -0.380 e. The Morgan fingerprint density at radius 3 is 2.71 bits per heavy atom. The largest absolute Gasteiger partial charge is 0.380 e. The molecule has 3 aliphatic heterocycles. The van der Waals surface area contributed by atoms with Crippen molar-refractivity contribution >= 4 is 39.8 Å². The standard InChI is InChI=1S/C35H37N5O2/c41-33(12-2-1-7-19-39-20-18-28-27-8-3-5-10-30(27)37-32(28)23-39)36-26-15-13-24(14-16-26)22-25-17-21-40-34(25)38-31-11-6-4-9-29(31)35(40)42/h3-6,8-11,13-16,22,28,32,37H,1-2,7,12,17-21,23H2,(H,36,41)/b25-22+. The number of carbonyl (C=O) groups is 1. The van der Waals surface area contributed by atoms with Gasteiger partial charge < -0.3 is 15.5 Å². The molecule has 7 nitrogen and oxygen atoms in total. The number of unbranched alkanes of at least 4 members (excludes halogenated alkanes) is 2. The molecule has 1 fully saturated rings. The van der Waals surface area contributed by atoms with Gasteiger partial charge in [-0.05, 0) is 91.9 Å². The van der Waals surface area contributed by atoms with Gasteiger partial charge in [0.15, 0.2) is 0 Å². The Balaban J connectivity index is 0.859. The smallest absolute Gasteiger partial charge is 0.261 e. The van der Waals surface area contributed by atoms with Crippen LogP contribution in [0.15, 0.2) is 77.6 Å². The summed E-state index contributed by atoms with van der Waals surface area (Å²) in [6.45, 7) is 4.01. The predicted octanol–water partition coefficient (Wildman–Crippen LogP) is 6.12. The maximum atomic E-state index is 12.9. The van der Waals surface area contributed by atoms with Crippen LogP contribution in [0, 0.1) is 0 Å². The summed E-state index contributed by atoms with van der Waals surface area (Å²) in [6, 6.07) is 24.7. The molecule has 1 saturated heterocycles. The van der Waals surface area contributed by atoms with Gasteiger partial charge in [-0.15, -0.1) is 0 Å². The van der Waals surface area contributed by atoms with Crippen LogP contribution in [0.5, 0.6) is 0 Å². The number of benzene rings is 3. The summed E-state index contributed by atoms with van der Waals surface area (Å²) in [4.78, 5) is 32.8. The molecule has 3 aromatic carbocycles. The number of nitrogens with zero attached hydrogens (tertiary/aromatic N) is 3. The number of hydrogen-bond donors (Lipinski definition) is 2. The summed E-state index contributed by atoms with van der Waals surface area (Å²) in [5.41, 5.74) is 6.45. The van der Waals surface area contributed by atoms with Gasteiger partial charge in [0.2, 0.25) is 5.91 Å². The highest BCUT2D eigenvalue weighted by atomic mass is 16.1. The first-order valence-electron chi connectivity index (χ1n) is 15.3. The zero-order valence-corrected chi connectivity index (χ0v) is 23.9. The lowest BCUT2D eigenvalue weighted by atomic mass is 9.88. The number of rotatable bonds is 8. The Morgan fingerprint density at radius 1 is 0.976 bits per heavy atom. The summed E-state index contributed by atoms with van der Waals surface area (Å²) >= 11 is 0. The monoisotopic (exact) mass is 559 g/mol. The van der Waals surface area contributed by atoms with Crippen molar-refractivity contribution in [2.24, 2.45) is 0 Å². The van der Waals surface area contributed by atoms with Crippen molar-refractivity contribution in [1.82, 2.24) is 14.5 Å². The Bertz CT molecular complexity index is 1710. The first-order valence-corrected chi connectivity index (χ1v) is 15.3. The van der Waals surface area contributed by atoms with Crippen LogP contribution in [0.3, 0.4) is 0 Å². The minimum atomic E-state index is 0.0226. The lowest BCUT2D eigenvalue weighted by Gasteiger charge is -2.35. The molecule has 3 aliphatic rings. The molecule has 7 rings (SSSR count). The van der Waals surface area contributed by atoms with E-state index in [1.54, 1.807) is 4.57 Å². The summed E-state index contributed by atoms with van der Waals surface area (Å²) in [7, 11) is 0. The lowest BCUT2D eigenvalue weighted by Crippen LogP contribution is -2.44. The Kier molecular flexibility index (Phi) is 7.34. The molecule has 214 valence electrons. The number of carbonyl (C=O) groups excluding carboxylic acids is 1. The van der Waals surface area contributed by atoms with E-state index in [-0.39, 0.29) is 11.5 Å². The van der Waals surface area contributed by atoms with Crippen molar-refractivity contribution in [3.05, 3.63) is 100 Å². The Hall–Kier alpha value is -4.23. The van der Waals surface area contributed by atoms with Gasteiger partial charge in [0.05, 0.1) is 10.9 Å². The minimum absolute atomic E-state index is 0.0226. The van der Waals surface area contributed by atoms with Gasteiger partial charge in [0.1, 0.15) is 5.82 Å². The van der Waals surface area contributed by atoms with Crippen LogP contribution in [0.25, 0.3) is 22.6 Å². The van der Waals surface area contributed by atoms with E-state index in [2.05, 4.69) is 45.9 Å². The fourth-order valence-electron chi connectivity index (χ4n) is 6.88. The molecule has 2 atom stereocenters. The second kappa shape index (κ2) is 11.6. The van der Waals surface area contributed by atoms with E-state index < -0.39 is 0 Å². The van der Waals surface area contributed by atoms with Crippen molar-refractivity contribution in [2.45, 2.75) is 57.0 Å². The fraction of sp³-hybridized carbons (Fsp3) is 0.343. The molecule has 0 radical (unpaired) electrons. The molecule has 7 heteroatoms. The van der Waals surface area contributed by atoms with Crippen LogP contribution in [0.2, 0.25) is 0 Å². The molecule has 0 spiro atoms. The topological polar surface area (TPSA) is 79.3 Å². The number of hydrogen-bond acceptors (Lipinski definition) is 5.